The van der Waals surface area contributed by atoms with Crippen molar-refractivity contribution in [3.63, 3.8) is 0 Å². The Hall–Kier alpha value is -3.06. The van der Waals surface area contributed by atoms with Crippen molar-refractivity contribution in [1.29, 1.82) is 0 Å². The summed E-state index contributed by atoms with van der Waals surface area (Å²) in [4.78, 5) is 26.8. The molecule has 0 aliphatic rings. The van der Waals surface area contributed by atoms with Gasteiger partial charge in [0.1, 0.15) is 5.78 Å². The van der Waals surface area contributed by atoms with Crippen molar-refractivity contribution in [2.24, 2.45) is 11.1 Å². The maximum atomic E-state index is 12.7. The van der Waals surface area contributed by atoms with Crippen LogP contribution in [-0.4, -0.2) is 30.9 Å². The molecule has 2 aromatic heterocycles. The van der Waals surface area contributed by atoms with Crippen molar-refractivity contribution in [1.82, 2.24) is 19.6 Å². The maximum Gasteiger partial charge on any atom is 0.251 e. The number of aryl methyl sites for hydroxylation is 1. The number of nitrogens with zero attached hydrogens (tertiary/aromatic N) is 4. The molecular formula is C23H29N5O2. The van der Waals surface area contributed by atoms with Gasteiger partial charge >= 0.3 is 0 Å². The number of benzene rings is 1. The van der Waals surface area contributed by atoms with E-state index in [1.165, 1.54) is 4.80 Å². The molecule has 1 aromatic carbocycles. The molecule has 0 aliphatic heterocycles. The van der Waals surface area contributed by atoms with Crippen LogP contribution in [0.25, 0.3) is 16.8 Å². The summed E-state index contributed by atoms with van der Waals surface area (Å²) in [6.07, 6.45) is 5.96. The first kappa shape index (κ1) is 21.6. The van der Waals surface area contributed by atoms with Crippen molar-refractivity contribution in [2.75, 3.05) is 0 Å². The molecule has 158 valence electrons. The van der Waals surface area contributed by atoms with Gasteiger partial charge in [0.15, 0.2) is 0 Å². The van der Waals surface area contributed by atoms with E-state index in [9.17, 15) is 9.59 Å². The second kappa shape index (κ2) is 8.36. The normalized spacial score (nSPS) is 13.8. The molecule has 0 saturated heterocycles. The van der Waals surface area contributed by atoms with Gasteiger partial charge in [-0.3, -0.25) is 9.59 Å². The number of Topliss-reactive ketones (excluding diaryl/α,β-unsaturated/α-hetero) is 1. The Labute approximate surface area is 176 Å². The Morgan fingerprint density at radius 2 is 1.67 bits per heavy atom. The Bertz CT molecular complexity index is 1060. The molecule has 0 amide bonds. The van der Waals surface area contributed by atoms with E-state index in [0.29, 0.717) is 19.4 Å². The summed E-state index contributed by atoms with van der Waals surface area (Å²) < 4.78 is 1.64. The number of pyridine rings is 1. The largest absolute Gasteiger partial charge is 0.325 e. The van der Waals surface area contributed by atoms with Gasteiger partial charge in [-0.05, 0) is 49.6 Å². The number of rotatable bonds is 8. The molecule has 7 heteroatoms. The minimum atomic E-state index is -0.698. The van der Waals surface area contributed by atoms with Gasteiger partial charge in [0.05, 0.1) is 18.1 Å². The molecule has 0 radical (unpaired) electrons. The third-order valence-electron chi connectivity index (χ3n) is 6.06. The van der Waals surface area contributed by atoms with Crippen LogP contribution in [0.2, 0.25) is 0 Å². The summed E-state index contributed by atoms with van der Waals surface area (Å²) in [6, 6.07) is 11.2. The van der Waals surface area contributed by atoms with E-state index >= 15 is 0 Å². The summed E-state index contributed by atoms with van der Waals surface area (Å²) in [5.41, 5.74) is 7.46. The first-order valence-corrected chi connectivity index (χ1v) is 10.2. The van der Waals surface area contributed by atoms with Crippen molar-refractivity contribution in [3.8, 4) is 16.8 Å². The smallest absolute Gasteiger partial charge is 0.251 e. The van der Waals surface area contributed by atoms with Crippen molar-refractivity contribution >= 4 is 5.78 Å². The summed E-state index contributed by atoms with van der Waals surface area (Å²) in [5, 5.41) is 8.22. The fourth-order valence-corrected chi connectivity index (χ4v) is 3.56. The summed E-state index contributed by atoms with van der Waals surface area (Å²) in [5.74, 6) is 0.117. The van der Waals surface area contributed by atoms with E-state index in [2.05, 4.69) is 10.2 Å². The fraction of sp³-hybridized carbons (Fsp3) is 0.391. The first-order chi connectivity index (χ1) is 14.2. The average Bonchev–Trinajstić information content (AvgIpc) is 3.26. The summed E-state index contributed by atoms with van der Waals surface area (Å²) >= 11 is 0. The van der Waals surface area contributed by atoms with Crippen LogP contribution in [0.3, 0.4) is 0 Å². The van der Waals surface area contributed by atoms with Gasteiger partial charge in [-0.1, -0.05) is 26.0 Å². The molecule has 2 N–H and O–H groups in total. The van der Waals surface area contributed by atoms with E-state index in [0.717, 1.165) is 16.8 Å². The molecule has 30 heavy (non-hydrogen) atoms. The number of hydrogen-bond acceptors (Lipinski definition) is 5. The van der Waals surface area contributed by atoms with E-state index in [1.807, 2.05) is 58.0 Å². The maximum absolute atomic E-state index is 12.7. The van der Waals surface area contributed by atoms with Crippen molar-refractivity contribution in [3.05, 3.63) is 65.3 Å². The molecule has 0 spiro atoms. The van der Waals surface area contributed by atoms with Crippen LogP contribution in [0, 0.1) is 5.41 Å². The van der Waals surface area contributed by atoms with Crippen molar-refractivity contribution < 1.29 is 4.79 Å². The zero-order chi connectivity index (χ0) is 21.9. The van der Waals surface area contributed by atoms with Gasteiger partial charge in [0, 0.05) is 36.2 Å². The number of aromatic nitrogens is 4. The van der Waals surface area contributed by atoms with E-state index in [1.54, 1.807) is 29.2 Å². The number of carbonyl (C=O) groups is 1. The lowest BCUT2D eigenvalue weighted by molar-refractivity contribution is -0.131. The number of ketones is 1. The molecule has 0 bridgehead atoms. The monoisotopic (exact) mass is 407 g/mol. The van der Waals surface area contributed by atoms with Gasteiger partial charge < -0.3 is 10.3 Å². The lowest BCUT2D eigenvalue weighted by atomic mass is 9.67. The zero-order valence-corrected chi connectivity index (χ0v) is 18.0. The average molecular weight is 408 g/mol. The lowest BCUT2D eigenvalue weighted by Crippen LogP contribution is -2.54. The first-order valence-electron chi connectivity index (χ1n) is 10.2. The minimum Gasteiger partial charge on any atom is -0.325 e. The third-order valence-corrected chi connectivity index (χ3v) is 6.06. The van der Waals surface area contributed by atoms with Crippen LogP contribution >= 0.6 is 0 Å². The molecule has 0 saturated carbocycles. The quantitative estimate of drug-likeness (QED) is 0.619. The van der Waals surface area contributed by atoms with E-state index in [4.69, 9.17) is 5.73 Å². The highest BCUT2D eigenvalue weighted by Crippen LogP contribution is 2.35. The predicted molar refractivity (Wildman–Crippen MR) is 117 cm³/mol. The van der Waals surface area contributed by atoms with Crippen LogP contribution in [-0.2, 0) is 11.3 Å². The Morgan fingerprint density at radius 1 is 1.03 bits per heavy atom. The third kappa shape index (κ3) is 4.26. The molecule has 0 fully saturated rings. The number of carbonyl (C=O) groups excluding carboxylic acids is 1. The molecule has 1 unspecified atom stereocenters. The highest BCUT2D eigenvalue weighted by Gasteiger charge is 2.43. The minimum absolute atomic E-state index is 0.105. The zero-order valence-electron chi connectivity index (χ0n) is 18.0. The van der Waals surface area contributed by atoms with Crippen LogP contribution in [0.4, 0.5) is 0 Å². The standard InChI is InChI=1S/C23H29N5O2/c1-5-20(29)23(4,22(2,3)24)11-15-27-14-10-18(16-21(27)30)17-6-8-19(9-7-17)28-25-12-13-26-28/h6-10,12-14,16H,5,11,15,24H2,1-4H3. The van der Waals surface area contributed by atoms with Gasteiger partial charge in [-0.2, -0.15) is 15.0 Å². The fourth-order valence-electron chi connectivity index (χ4n) is 3.56. The van der Waals surface area contributed by atoms with E-state index < -0.39 is 11.0 Å². The van der Waals surface area contributed by atoms with Crippen molar-refractivity contribution in [2.45, 2.75) is 52.6 Å². The van der Waals surface area contributed by atoms with Gasteiger partial charge in [0.25, 0.3) is 5.56 Å². The lowest BCUT2D eigenvalue weighted by Gasteiger charge is -2.40. The van der Waals surface area contributed by atoms with Crippen LogP contribution in [0.15, 0.2) is 59.8 Å². The molecule has 1 atom stereocenters. The Kier molecular flexibility index (Phi) is 6.03. The molecule has 3 rings (SSSR count). The summed E-state index contributed by atoms with van der Waals surface area (Å²) in [6.45, 7) is 7.92. The van der Waals surface area contributed by atoms with Gasteiger partial charge in [0.2, 0.25) is 0 Å². The molecule has 7 nitrogen and oxygen atoms in total. The van der Waals surface area contributed by atoms with Crippen LogP contribution < -0.4 is 11.3 Å². The molecule has 2 heterocycles. The van der Waals surface area contributed by atoms with Gasteiger partial charge in [-0.15, -0.1) is 0 Å². The van der Waals surface area contributed by atoms with Gasteiger partial charge in [-0.25, -0.2) is 0 Å². The predicted octanol–water partition coefficient (Wildman–Crippen LogP) is 3.21. The Balaban J connectivity index is 1.78. The van der Waals surface area contributed by atoms with Crippen LogP contribution in [0.1, 0.15) is 40.5 Å². The van der Waals surface area contributed by atoms with Crippen LogP contribution in [0.5, 0.6) is 0 Å². The summed E-state index contributed by atoms with van der Waals surface area (Å²) in [7, 11) is 0. The highest BCUT2D eigenvalue weighted by atomic mass is 16.1. The Morgan fingerprint density at radius 3 is 2.20 bits per heavy atom. The SMILES string of the molecule is CCC(=O)C(C)(CCn1ccc(-c2ccc(-n3nccn3)cc2)cc1=O)C(C)(C)N. The van der Waals surface area contributed by atoms with E-state index in [-0.39, 0.29) is 11.3 Å². The molecule has 0 aliphatic carbocycles. The molecular weight excluding hydrogens is 378 g/mol. The second-order valence-corrected chi connectivity index (χ2v) is 8.39. The number of nitrogens with two attached hydrogens (primary N) is 1. The topological polar surface area (TPSA) is 95.8 Å². The second-order valence-electron chi connectivity index (χ2n) is 8.39. The highest BCUT2D eigenvalue weighted by molar-refractivity contribution is 5.85. The number of hydrogen-bond donors (Lipinski definition) is 1. The molecule has 3 aromatic rings.